The Morgan fingerprint density at radius 3 is 1.10 bits per heavy atom. The summed E-state index contributed by atoms with van der Waals surface area (Å²) in [6, 6.07) is 0.0115. The fraction of sp³-hybridized carbons (Fsp3) is 0.925. The second-order valence-electron chi connectivity index (χ2n) is 21.9. The van der Waals surface area contributed by atoms with Crippen molar-refractivity contribution in [3.8, 4) is 0 Å². The molecule has 5 nitrogen and oxygen atoms in total. The summed E-state index contributed by atoms with van der Waals surface area (Å²) in [6.07, 6.45) is 13.7. The molecule has 0 aromatic rings. The molecule has 0 amide bonds. The smallest absolute Gasteiger partial charge is 0.373 e. The van der Waals surface area contributed by atoms with E-state index in [1.54, 1.807) is 13.0 Å². The molecule has 2 fully saturated rings. The largest absolute Gasteiger partial charge is 2.00 e. The molecule has 0 aromatic heterocycles. The normalized spacial score (nSPS) is 16.6. The van der Waals surface area contributed by atoms with Crippen molar-refractivity contribution in [1.82, 2.24) is 4.72 Å². The third-order valence-electron chi connectivity index (χ3n) is 10.7. The summed E-state index contributed by atoms with van der Waals surface area (Å²) >= 11 is 0. The fourth-order valence-electron chi connectivity index (χ4n) is 3.49. The molecule has 10 heteroatoms. The minimum absolute atomic E-state index is 0. The Hall–Kier alpha value is 0.183. The van der Waals surface area contributed by atoms with Gasteiger partial charge < -0.3 is 24.3 Å². The number of nitrogens with one attached hydrogen (secondary N) is 1. The van der Waals surface area contributed by atoms with E-state index in [9.17, 15) is 17.2 Å². The first-order valence-electron chi connectivity index (χ1n) is 23.8. The zero-order valence-electron chi connectivity index (χ0n) is 47.6. The third-order valence-corrected chi connectivity index (χ3v) is 13.2. The van der Waals surface area contributed by atoms with Crippen LogP contribution in [0.2, 0.25) is 0 Å². The van der Waals surface area contributed by atoms with E-state index < -0.39 is 26.6 Å². The number of halogens is 2. The second kappa shape index (κ2) is 42.3. The van der Waals surface area contributed by atoms with Gasteiger partial charge in [-0.25, -0.2) is 21.9 Å². The van der Waals surface area contributed by atoms with Crippen LogP contribution >= 0.6 is 0 Å². The number of ether oxygens (including phenoxy) is 2. The summed E-state index contributed by atoms with van der Waals surface area (Å²) in [5.41, 5.74) is 0.875. The van der Waals surface area contributed by atoms with Crippen LogP contribution in [-0.2, 0) is 40.6 Å². The first kappa shape index (κ1) is 83.2. The van der Waals surface area contributed by atoms with E-state index in [2.05, 4.69) is 136 Å². The van der Waals surface area contributed by atoms with Gasteiger partial charge >= 0.3 is 21.1 Å². The molecule has 2 atom stereocenters. The molecule has 0 spiro atoms. The molecular formula is C53H115BF2NO4SW. The van der Waals surface area contributed by atoms with E-state index in [1.165, 1.54) is 39.5 Å². The van der Waals surface area contributed by atoms with Gasteiger partial charge in [0, 0.05) is 20.4 Å². The number of alkyl halides is 2. The Morgan fingerprint density at radius 2 is 0.921 bits per heavy atom. The quantitative estimate of drug-likeness (QED) is 0.107. The summed E-state index contributed by atoms with van der Waals surface area (Å²) in [7, 11) is -3.04. The second-order valence-corrected chi connectivity index (χ2v) is 24.1. The van der Waals surface area contributed by atoms with Gasteiger partial charge in [0.2, 0.25) is 10.0 Å². The Labute approximate surface area is 415 Å². The summed E-state index contributed by atoms with van der Waals surface area (Å²) < 4.78 is 62.4. The Kier molecular flexibility index (Phi) is 55.9. The average Bonchev–Trinajstić information content (AvgIpc) is 3.69. The van der Waals surface area contributed by atoms with E-state index in [-0.39, 0.29) is 50.4 Å². The van der Waals surface area contributed by atoms with Gasteiger partial charge in [-0.2, -0.15) is 0 Å². The van der Waals surface area contributed by atoms with E-state index in [1.807, 2.05) is 27.7 Å². The maximum atomic E-state index is 12.9. The molecule has 0 bridgehead atoms. The molecule has 0 unspecified atom stereocenters. The minimum atomic E-state index is -3.04. The predicted octanol–water partition coefficient (Wildman–Crippen LogP) is 17.3. The number of hydrogen-bond donors (Lipinski definition) is 1. The molecule has 0 aliphatic heterocycles. The van der Waals surface area contributed by atoms with Crippen molar-refractivity contribution in [2.24, 2.45) is 40.4 Å². The molecule has 2 rings (SSSR count). The van der Waals surface area contributed by atoms with Crippen molar-refractivity contribution in [2.45, 2.75) is 279 Å². The SMILES string of the molecule is CC(C)(C)C(C)(C)C.CC(C)C/C=C/C(F)(F)C(C)C.CC(C)NS(=O)(=O)C1(C)CC1.CC(C)O[C@@H]1CCC[C@H]1OC(C)C.CCC(C)C.CCC(C)C.CCC(C)C.[B].[CH3-].[CH3-].[W+2]. The first-order chi connectivity index (χ1) is 26.4. The van der Waals surface area contributed by atoms with Gasteiger partial charge in [0.15, 0.2) is 0 Å². The van der Waals surface area contributed by atoms with Gasteiger partial charge in [0.25, 0.3) is 5.92 Å². The number of sulfonamides is 1. The maximum absolute atomic E-state index is 12.9. The van der Waals surface area contributed by atoms with Crippen molar-refractivity contribution >= 4 is 18.4 Å². The van der Waals surface area contributed by atoms with Crippen LogP contribution < -0.4 is 4.72 Å². The molecule has 63 heavy (non-hydrogen) atoms. The number of rotatable bonds is 14. The van der Waals surface area contributed by atoms with Gasteiger partial charge in [0.05, 0.1) is 29.2 Å². The van der Waals surface area contributed by atoms with Crippen molar-refractivity contribution in [1.29, 1.82) is 0 Å². The Morgan fingerprint density at radius 1 is 0.635 bits per heavy atom. The summed E-state index contributed by atoms with van der Waals surface area (Å²) in [6.45, 7) is 54.4. The van der Waals surface area contributed by atoms with Crippen LogP contribution in [0.25, 0.3) is 0 Å². The molecule has 0 heterocycles. The minimum Gasteiger partial charge on any atom is -0.373 e. The Bertz CT molecular complexity index is 1050. The Balaban J connectivity index is -0.0000000788. The molecule has 385 valence electrons. The number of allylic oxidation sites excluding steroid dienone is 2. The van der Waals surface area contributed by atoms with Crippen LogP contribution in [0.1, 0.15) is 238 Å². The first-order valence-corrected chi connectivity index (χ1v) is 25.3. The molecule has 1 N–H and O–H groups in total. The van der Waals surface area contributed by atoms with Crippen LogP contribution in [0.15, 0.2) is 12.2 Å². The summed E-state index contributed by atoms with van der Waals surface area (Å²) in [4.78, 5) is 0. The molecule has 2 aliphatic carbocycles. The standard InChI is InChI=1S/C11H22O2.C10H18F2.C8H18.C7H15NO2S.3C5H12.2CH3.B.W/c1-8(2)12-10-6-5-7-11(10)13-9(3)4;1-8(2)6-5-7-10(11,12)9(3)4;1-7(2,3)8(4,5)6;1-6(2)8-11(9,10)7(3)4-5-7;3*1-4-5(2)3;;;;/h8-11H,5-7H2,1-4H3;5,7-9H,6H2,1-4H3;1-6H3;6,8H,4-5H2,1-3H3;3*5H,4H2,1-3H3;2*1H3;;/q;;;;;;;2*-1;;+2/b;7-5+;;;;;;;;;/t10-,11-;;;;;;;;;;/m1........../s1. The van der Waals surface area contributed by atoms with Gasteiger partial charge in [-0.1, -0.05) is 157 Å². The predicted molar refractivity (Wildman–Crippen MR) is 280 cm³/mol. The summed E-state index contributed by atoms with van der Waals surface area (Å²) in [5, 5.41) is 0. The van der Waals surface area contributed by atoms with E-state index >= 15 is 0 Å². The van der Waals surface area contributed by atoms with Gasteiger partial charge in [-0.3, -0.25) is 0 Å². The summed E-state index contributed by atoms with van der Waals surface area (Å²) in [5.74, 6) is -0.153. The van der Waals surface area contributed by atoms with Crippen LogP contribution in [0, 0.1) is 55.3 Å². The molecule has 2 saturated carbocycles. The molecule has 0 aromatic carbocycles. The average molecular weight is 1100 g/mol. The van der Waals surface area contributed by atoms with Gasteiger partial charge in [-0.05, 0) is 128 Å². The molecule has 0 saturated heterocycles. The molecule has 3 radical (unpaired) electrons. The van der Waals surface area contributed by atoms with Crippen molar-refractivity contribution in [3.63, 3.8) is 0 Å². The fourth-order valence-corrected chi connectivity index (χ4v) is 5.03. The van der Waals surface area contributed by atoms with Crippen molar-refractivity contribution < 1.29 is 47.7 Å². The van der Waals surface area contributed by atoms with Crippen molar-refractivity contribution in [2.75, 3.05) is 0 Å². The monoisotopic (exact) mass is 1090 g/mol. The van der Waals surface area contributed by atoms with E-state index in [0.29, 0.717) is 41.2 Å². The van der Waals surface area contributed by atoms with E-state index in [4.69, 9.17) is 9.47 Å². The zero-order chi connectivity index (χ0) is 48.2. The third kappa shape index (κ3) is 53.0. The molecular weight excluding hydrogens is 979 g/mol. The van der Waals surface area contributed by atoms with Gasteiger partial charge in [-0.15, -0.1) is 0 Å². The van der Waals surface area contributed by atoms with Crippen LogP contribution in [0.3, 0.4) is 0 Å². The topological polar surface area (TPSA) is 64.6 Å². The molecule has 2 aliphatic rings. The zero-order valence-corrected chi connectivity index (χ0v) is 51.3. The maximum Gasteiger partial charge on any atom is 2.00 e. The van der Waals surface area contributed by atoms with Crippen molar-refractivity contribution in [3.05, 3.63) is 27.0 Å². The van der Waals surface area contributed by atoms with E-state index in [0.717, 1.165) is 55.9 Å². The van der Waals surface area contributed by atoms with Crippen LogP contribution in [0.4, 0.5) is 8.78 Å². The van der Waals surface area contributed by atoms with Gasteiger partial charge in [0.1, 0.15) is 0 Å². The van der Waals surface area contributed by atoms with Crippen LogP contribution in [0.5, 0.6) is 0 Å². The number of hydrogen-bond acceptors (Lipinski definition) is 4. The van der Waals surface area contributed by atoms with Crippen LogP contribution in [-0.4, -0.2) is 58.0 Å².